The third kappa shape index (κ3) is 2.38. The van der Waals surface area contributed by atoms with E-state index in [4.69, 9.17) is 17.1 Å². The second-order valence-electron chi connectivity index (χ2n) is 1.72. The van der Waals surface area contributed by atoms with Crippen molar-refractivity contribution in [3.05, 3.63) is 30.2 Å². The Kier molecular flexibility index (Phi) is 3.20. The van der Waals surface area contributed by atoms with Crippen LogP contribution >= 0.6 is 38.9 Å². The van der Waals surface area contributed by atoms with Crippen LogP contribution in [0.1, 0.15) is 4.88 Å². The molecule has 11 heavy (non-hydrogen) atoms. The van der Waals surface area contributed by atoms with E-state index in [-0.39, 0.29) is 0 Å². The summed E-state index contributed by atoms with van der Waals surface area (Å²) in [4.78, 5) is 3.60. The first-order valence-corrected chi connectivity index (χ1v) is 4.67. The van der Waals surface area contributed by atoms with Gasteiger partial charge < -0.3 is 0 Å². The summed E-state index contributed by atoms with van der Waals surface area (Å²) in [5.41, 5.74) is 8.02. The highest BCUT2D eigenvalue weighted by Gasteiger charge is 2.02. The maximum absolute atomic E-state index is 8.02. The van der Waals surface area contributed by atoms with E-state index in [1.165, 1.54) is 11.3 Å². The van der Waals surface area contributed by atoms with Gasteiger partial charge >= 0.3 is 0 Å². The van der Waals surface area contributed by atoms with Gasteiger partial charge in [0, 0.05) is 14.3 Å². The topological polar surface area (TPSA) is 48.8 Å². The Morgan fingerprint density at radius 3 is 3.00 bits per heavy atom. The molecule has 0 fully saturated rings. The van der Waals surface area contributed by atoms with E-state index in [2.05, 4.69) is 26.0 Å². The molecule has 0 saturated heterocycles. The molecule has 0 bridgehead atoms. The first kappa shape index (κ1) is 8.87. The van der Waals surface area contributed by atoms with Gasteiger partial charge in [0.15, 0.2) is 0 Å². The summed E-state index contributed by atoms with van der Waals surface area (Å²) in [6.45, 7) is 0.368. The summed E-state index contributed by atoms with van der Waals surface area (Å²) in [5.74, 6) is 0. The molecule has 3 nitrogen and oxygen atoms in total. The molecule has 0 aliphatic carbocycles. The standard InChI is InChI=1S/C5H3BrClN3S/c6-4-1-3(2-9-10-8)11-5(4)7/h1H,2H2. The molecule has 1 aromatic heterocycles. The maximum Gasteiger partial charge on any atom is 0.107 e. The van der Waals surface area contributed by atoms with Gasteiger partial charge in [-0.05, 0) is 27.5 Å². The van der Waals surface area contributed by atoms with Gasteiger partial charge in [-0.1, -0.05) is 16.7 Å². The lowest BCUT2D eigenvalue weighted by Gasteiger charge is -1.80. The average molecular weight is 253 g/mol. The van der Waals surface area contributed by atoms with Crippen molar-refractivity contribution in [3.63, 3.8) is 0 Å². The zero-order chi connectivity index (χ0) is 8.27. The zero-order valence-electron chi connectivity index (χ0n) is 5.29. The van der Waals surface area contributed by atoms with Gasteiger partial charge in [0.25, 0.3) is 0 Å². The number of azide groups is 1. The van der Waals surface area contributed by atoms with E-state index in [1.807, 2.05) is 6.07 Å². The smallest absolute Gasteiger partial charge is 0.107 e. The molecule has 1 aromatic rings. The van der Waals surface area contributed by atoms with Gasteiger partial charge in [0.05, 0.1) is 6.54 Å². The minimum Gasteiger partial charge on any atom is -0.127 e. The fourth-order valence-corrected chi connectivity index (χ4v) is 2.28. The molecule has 1 rings (SSSR count). The van der Waals surface area contributed by atoms with E-state index >= 15 is 0 Å². The van der Waals surface area contributed by atoms with E-state index < -0.39 is 0 Å². The van der Waals surface area contributed by atoms with Crippen LogP contribution in [0.15, 0.2) is 15.7 Å². The fraction of sp³-hybridized carbons (Fsp3) is 0.200. The Morgan fingerprint density at radius 1 is 1.82 bits per heavy atom. The first-order valence-electron chi connectivity index (χ1n) is 2.68. The number of hydrogen-bond acceptors (Lipinski definition) is 2. The maximum atomic E-state index is 8.02. The summed E-state index contributed by atoms with van der Waals surface area (Å²) >= 11 is 10.4. The van der Waals surface area contributed by atoms with Crippen molar-refractivity contribution in [2.24, 2.45) is 5.11 Å². The van der Waals surface area contributed by atoms with Crippen molar-refractivity contribution < 1.29 is 0 Å². The van der Waals surface area contributed by atoms with Crippen LogP contribution in [-0.4, -0.2) is 0 Å². The average Bonchev–Trinajstić information content (AvgIpc) is 2.28. The summed E-state index contributed by atoms with van der Waals surface area (Å²) in [7, 11) is 0. The molecule has 0 aliphatic rings. The van der Waals surface area contributed by atoms with E-state index in [0.717, 1.165) is 9.35 Å². The number of thiophene rings is 1. The molecule has 0 saturated carbocycles. The lowest BCUT2D eigenvalue weighted by molar-refractivity contribution is 1.08. The van der Waals surface area contributed by atoms with Crippen molar-refractivity contribution in [2.45, 2.75) is 6.54 Å². The van der Waals surface area contributed by atoms with Gasteiger partial charge in [-0.15, -0.1) is 11.3 Å². The molecular weight excluding hydrogens is 250 g/mol. The lowest BCUT2D eigenvalue weighted by atomic mass is 10.5. The summed E-state index contributed by atoms with van der Waals surface area (Å²) < 4.78 is 1.54. The number of hydrogen-bond donors (Lipinski definition) is 0. The first-order chi connectivity index (χ1) is 5.24. The third-order valence-corrected chi connectivity index (χ3v) is 3.45. The molecule has 0 aromatic carbocycles. The molecule has 0 radical (unpaired) electrons. The van der Waals surface area contributed by atoms with E-state index in [1.54, 1.807) is 0 Å². The molecule has 0 unspecified atom stereocenters. The third-order valence-electron chi connectivity index (χ3n) is 0.986. The van der Waals surface area contributed by atoms with Crippen LogP contribution in [0.2, 0.25) is 4.34 Å². The molecule has 0 atom stereocenters. The molecule has 0 N–H and O–H groups in total. The number of rotatable bonds is 2. The van der Waals surface area contributed by atoms with Crippen molar-refractivity contribution in [2.75, 3.05) is 0 Å². The highest BCUT2D eigenvalue weighted by atomic mass is 79.9. The van der Waals surface area contributed by atoms with Crippen molar-refractivity contribution in [1.29, 1.82) is 0 Å². The Hall–Kier alpha value is -0.220. The number of halogens is 2. The minimum absolute atomic E-state index is 0.368. The number of nitrogens with zero attached hydrogens (tertiary/aromatic N) is 3. The van der Waals surface area contributed by atoms with Gasteiger partial charge in [-0.2, -0.15) is 0 Å². The Bertz CT molecular complexity index is 285. The van der Waals surface area contributed by atoms with Crippen LogP contribution in [0.4, 0.5) is 0 Å². The largest absolute Gasteiger partial charge is 0.127 e. The molecule has 1 heterocycles. The summed E-state index contributed by atoms with van der Waals surface area (Å²) in [6, 6.07) is 1.85. The SMILES string of the molecule is [N-]=[N+]=NCc1cc(Br)c(Cl)s1. The van der Waals surface area contributed by atoms with Crippen LogP contribution in [0.5, 0.6) is 0 Å². The van der Waals surface area contributed by atoms with Gasteiger partial charge in [0.1, 0.15) is 4.34 Å². The monoisotopic (exact) mass is 251 g/mol. The van der Waals surface area contributed by atoms with Gasteiger partial charge in [-0.25, -0.2) is 0 Å². The quantitative estimate of drug-likeness (QED) is 0.434. The molecular formula is C5H3BrClN3S. The molecule has 0 spiro atoms. The minimum atomic E-state index is 0.368. The fourth-order valence-electron chi connectivity index (χ4n) is 0.571. The second-order valence-corrected chi connectivity index (χ2v) is 4.32. The van der Waals surface area contributed by atoms with Crippen molar-refractivity contribution in [3.8, 4) is 0 Å². The Morgan fingerprint density at radius 2 is 2.55 bits per heavy atom. The highest BCUT2D eigenvalue weighted by Crippen LogP contribution is 2.32. The summed E-state index contributed by atoms with van der Waals surface area (Å²) in [6.07, 6.45) is 0. The Balaban J connectivity index is 2.80. The normalized spacial score (nSPS) is 9.27. The zero-order valence-corrected chi connectivity index (χ0v) is 8.45. The van der Waals surface area contributed by atoms with Crippen molar-refractivity contribution >= 4 is 38.9 Å². The van der Waals surface area contributed by atoms with Crippen LogP contribution < -0.4 is 0 Å². The van der Waals surface area contributed by atoms with Crippen LogP contribution in [0.25, 0.3) is 10.4 Å². The van der Waals surface area contributed by atoms with Crippen LogP contribution in [0, 0.1) is 0 Å². The van der Waals surface area contributed by atoms with Gasteiger partial charge in [0.2, 0.25) is 0 Å². The molecule has 0 amide bonds. The van der Waals surface area contributed by atoms with Crippen LogP contribution in [0.3, 0.4) is 0 Å². The van der Waals surface area contributed by atoms with Crippen molar-refractivity contribution in [1.82, 2.24) is 0 Å². The lowest BCUT2D eigenvalue weighted by Crippen LogP contribution is -1.67. The molecule has 6 heteroatoms. The van der Waals surface area contributed by atoms with Gasteiger partial charge in [-0.3, -0.25) is 0 Å². The molecule has 58 valence electrons. The molecule has 0 aliphatic heterocycles. The Labute approximate surface area is 80.7 Å². The highest BCUT2D eigenvalue weighted by molar-refractivity contribution is 9.10. The second kappa shape index (κ2) is 3.97. The predicted molar refractivity (Wildman–Crippen MR) is 49.9 cm³/mol. The van der Waals surface area contributed by atoms with E-state index in [0.29, 0.717) is 10.9 Å². The summed E-state index contributed by atoms with van der Waals surface area (Å²) in [5, 5.41) is 3.41. The van der Waals surface area contributed by atoms with E-state index in [9.17, 15) is 0 Å². The predicted octanol–water partition coefficient (Wildman–Crippen LogP) is 3.97. The van der Waals surface area contributed by atoms with Crippen LogP contribution in [-0.2, 0) is 6.54 Å².